The maximum atomic E-state index is 12.2. The molecule has 28 heavy (non-hydrogen) atoms. The van der Waals surface area contributed by atoms with E-state index in [1.165, 1.54) is 5.56 Å². The molecule has 146 valence electrons. The van der Waals surface area contributed by atoms with Crippen LogP contribution in [0.1, 0.15) is 47.6 Å². The lowest BCUT2D eigenvalue weighted by Crippen LogP contribution is -2.31. The van der Waals surface area contributed by atoms with Gasteiger partial charge in [-0.2, -0.15) is 0 Å². The van der Waals surface area contributed by atoms with E-state index in [9.17, 15) is 4.79 Å². The van der Waals surface area contributed by atoms with Gasteiger partial charge in [-0.05, 0) is 63.6 Å². The summed E-state index contributed by atoms with van der Waals surface area (Å²) >= 11 is 0. The summed E-state index contributed by atoms with van der Waals surface area (Å²) in [5.74, 6) is 1.97. The van der Waals surface area contributed by atoms with Crippen molar-refractivity contribution >= 4 is 5.91 Å². The highest BCUT2D eigenvalue weighted by molar-refractivity contribution is 5.94. The number of ether oxygens (including phenoxy) is 1. The van der Waals surface area contributed by atoms with Crippen molar-refractivity contribution in [2.24, 2.45) is 0 Å². The van der Waals surface area contributed by atoms with E-state index in [2.05, 4.69) is 10.3 Å². The van der Waals surface area contributed by atoms with Gasteiger partial charge in [0, 0.05) is 17.2 Å². The van der Waals surface area contributed by atoms with Gasteiger partial charge in [0.15, 0.2) is 0 Å². The third-order valence-electron chi connectivity index (χ3n) is 4.67. The monoisotopic (exact) mass is 378 g/mol. The molecule has 1 N–H and O–H groups in total. The Morgan fingerprint density at radius 2 is 1.79 bits per heavy atom. The number of aromatic nitrogens is 1. The maximum Gasteiger partial charge on any atom is 0.251 e. The Kier molecular flexibility index (Phi) is 6.14. The average molecular weight is 378 g/mol. The van der Waals surface area contributed by atoms with E-state index < -0.39 is 0 Å². The molecule has 1 amide bonds. The smallest absolute Gasteiger partial charge is 0.251 e. The molecule has 0 aliphatic carbocycles. The van der Waals surface area contributed by atoms with Gasteiger partial charge in [0.05, 0.1) is 0 Å². The van der Waals surface area contributed by atoms with Crippen molar-refractivity contribution in [3.63, 3.8) is 0 Å². The number of rotatable bonds is 7. The van der Waals surface area contributed by atoms with E-state index in [1.54, 1.807) is 12.1 Å². The molecule has 0 saturated carbocycles. The van der Waals surface area contributed by atoms with E-state index >= 15 is 0 Å². The first kappa shape index (κ1) is 19.7. The third kappa shape index (κ3) is 4.80. The Labute approximate surface area is 165 Å². The molecule has 1 aromatic heterocycles. The molecule has 0 aliphatic rings. The van der Waals surface area contributed by atoms with Gasteiger partial charge in [-0.15, -0.1) is 0 Å². The molecule has 3 aromatic rings. The first-order valence-corrected chi connectivity index (χ1v) is 9.53. The second-order valence-corrected chi connectivity index (χ2v) is 6.98. The van der Waals surface area contributed by atoms with Crippen molar-refractivity contribution < 1.29 is 13.9 Å². The van der Waals surface area contributed by atoms with Crippen molar-refractivity contribution in [3.05, 3.63) is 71.1 Å². The minimum atomic E-state index is -0.0725. The molecule has 5 heteroatoms. The van der Waals surface area contributed by atoms with E-state index in [1.807, 2.05) is 64.1 Å². The molecular weight excluding hydrogens is 352 g/mol. The molecule has 0 saturated heterocycles. The van der Waals surface area contributed by atoms with E-state index in [4.69, 9.17) is 9.15 Å². The van der Waals surface area contributed by atoms with Crippen molar-refractivity contribution in [1.29, 1.82) is 0 Å². The van der Waals surface area contributed by atoms with Gasteiger partial charge in [0.25, 0.3) is 5.91 Å². The molecule has 1 atom stereocenters. The summed E-state index contributed by atoms with van der Waals surface area (Å²) < 4.78 is 11.6. The van der Waals surface area contributed by atoms with Crippen LogP contribution in [0.3, 0.4) is 0 Å². The summed E-state index contributed by atoms with van der Waals surface area (Å²) in [7, 11) is 0. The summed E-state index contributed by atoms with van der Waals surface area (Å²) in [5.41, 5.74) is 3.39. The minimum Gasteiger partial charge on any atom is -0.487 e. The SMILES string of the molecule is CCC(C)NC(=O)c1ccc(-c2nc(COc3ccc(C)cc3)c(C)o2)cc1. The zero-order valence-corrected chi connectivity index (χ0v) is 16.8. The van der Waals surface area contributed by atoms with Gasteiger partial charge in [0.2, 0.25) is 5.89 Å². The van der Waals surface area contributed by atoms with Gasteiger partial charge in [-0.3, -0.25) is 4.79 Å². The quantitative estimate of drug-likeness (QED) is 0.624. The summed E-state index contributed by atoms with van der Waals surface area (Å²) in [6.45, 7) is 8.28. The zero-order valence-electron chi connectivity index (χ0n) is 16.8. The molecule has 2 aromatic carbocycles. The fourth-order valence-corrected chi connectivity index (χ4v) is 2.64. The number of nitrogens with one attached hydrogen (secondary N) is 1. The molecule has 1 unspecified atom stereocenters. The number of aryl methyl sites for hydroxylation is 2. The fraction of sp³-hybridized carbons (Fsp3) is 0.304. The van der Waals surface area contributed by atoms with Crippen molar-refractivity contribution in [2.45, 2.75) is 46.8 Å². The molecule has 0 fully saturated rings. The Hall–Kier alpha value is -3.08. The summed E-state index contributed by atoms with van der Waals surface area (Å²) in [5, 5.41) is 2.96. The van der Waals surface area contributed by atoms with Crippen LogP contribution in [-0.4, -0.2) is 16.9 Å². The normalized spacial score (nSPS) is 11.9. The van der Waals surface area contributed by atoms with E-state index in [0.717, 1.165) is 29.2 Å². The first-order chi connectivity index (χ1) is 13.5. The second-order valence-electron chi connectivity index (χ2n) is 6.98. The van der Waals surface area contributed by atoms with Crippen LogP contribution in [0.15, 0.2) is 52.9 Å². The van der Waals surface area contributed by atoms with Crippen LogP contribution in [0.4, 0.5) is 0 Å². The number of carbonyl (C=O) groups excluding carboxylic acids is 1. The van der Waals surface area contributed by atoms with Gasteiger partial charge in [-0.1, -0.05) is 24.6 Å². The van der Waals surface area contributed by atoms with Crippen LogP contribution in [-0.2, 0) is 6.61 Å². The topological polar surface area (TPSA) is 64.4 Å². The van der Waals surface area contributed by atoms with Crippen LogP contribution < -0.4 is 10.1 Å². The largest absolute Gasteiger partial charge is 0.487 e. The van der Waals surface area contributed by atoms with Crippen molar-refractivity contribution in [1.82, 2.24) is 10.3 Å². The molecule has 0 spiro atoms. The van der Waals surface area contributed by atoms with Crippen LogP contribution in [0.5, 0.6) is 5.75 Å². The Balaban J connectivity index is 1.68. The predicted molar refractivity (Wildman–Crippen MR) is 109 cm³/mol. The highest BCUT2D eigenvalue weighted by atomic mass is 16.5. The molecule has 0 aliphatic heterocycles. The van der Waals surface area contributed by atoms with Crippen molar-refractivity contribution in [2.75, 3.05) is 0 Å². The molecular formula is C23H26N2O3. The number of carbonyl (C=O) groups is 1. The van der Waals surface area contributed by atoms with E-state index in [0.29, 0.717) is 18.1 Å². The second kappa shape index (κ2) is 8.74. The summed E-state index contributed by atoms with van der Waals surface area (Å²) in [6.07, 6.45) is 0.896. The van der Waals surface area contributed by atoms with E-state index in [-0.39, 0.29) is 11.9 Å². The number of benzene rings is 2. The lowest BCUT2D eigenvalue weighted by Gasteiger charge is -2.11. The van der Waals surface area contributed by atoms with Gasteiger partial charge in [0.1, 0.15) is 23.8 Å². The van der Waals surface area contributed by atoms with Gasteiger partial charge >= 0.3 is 0 Å². The first-order valence-electron chi connectivity index (χ1n) is 9.53. The third-order valence-corrected chi connectivity index (χ3v) is 4.67. The van der Waals surface area contributed by atoms with Crippen LogP contribution in [0.2, 0.25) is 0 Å². The lowest BCUT2D eigenvalue weighted by molar-refractivity contribution is 0.0939. The maximum absolute atomic E-state index is 12.2. The van der Waals surface area contributed by atoms with Crippen molar-refractivity contribution in [3.8, 4) is 17.2 Å². The average Bonchev–Trinajstić information content (AvgIpc) is 3.08. The van der Waals surface area contributed by atoms with Gasteiger partial charge < -0.3 is 14.5 Å². The Morgan fingerprint density at radius 1 is 1.11 bits per heavy atom. The fourth-order valence-electron chi connectivity index (χ4n) is 2.64. The summed E-state index contributed by atoms with van der Waals surface area (Å²) in [6, 6.07) is 15.3. The lowest BCUT2D eigenvalue weighted by atomic mass is 10.1. The molecule has 1 heterocycles. The van der Waals surface area contributed by atoms with Crippen LogP contribution in [0, 0.1) is 13.8 Å². The molecule has 3 rings (SSSR count). The van der Waals surface area contributed by atoms with Crippen LogP contribution >= 0.6 is 0 Å². The molecule has 0 bridgehead atoms. The number of hydrogen-bond acceptors (Lipinski definition) is 4. The Bertz CT molecular complexity index is 927. The number of amides is 1. The van der Waals surface area contributed by atoms with Gasteiger partial charge in [-0.25, -0.2) is 4.98 Å². The summed E-state index contributed by atoms with van der Waals surface area (Å²) in [4.78, 5) is 16.8. The Morgan fingerprint density at radius 3 is 2.43 bits per heavy atom. The number of nitrogens with zero attached hydrogens (tertiary/aromatic N) is 1. The molecule has 0 radical (unpaired) electrons. The standard InChI is InChI=1S/C23H26N2O3/c1-5-16(3)24-22(26)18-8-10-19(11-9-18)23-25-21(17(4)28-23)14-27-20-12-6-15(2)7-13-20/h6-13,16H,5,14H2,1-4H3,(H,24,26). The zero-order chi connectivity index (χ0) is 20.1. The van der Waals surface area contributed by atoms with Crippen LogP contribution in [0.25, 0.3) is 11.5 Å². The number of oxazole rings is 1. The highest BCUT2D eigenvalue weighted by Crippen LogP contribution is 2.23. The highest BCUT2D eigenvalue weighted by Gasteiger charge is 2.14. The predicted octanol–water partition coefficient (Wildman–Crippen LogP) is 5.07. The number of hydrogen-bond donors (Lipinski definition) is 1. The minimum absolute atomic E-state index is 0.0725. The molecule has 5 nitrogen and oxygen atoms in total.